The lowest BCUT2D eigenvalue weighted by atomic mass is 10.2. The minimum absolute atomic E-state index is 0.0496. The first-order valence-corrected chi connectivity index (χ1v) is 6.49. The van der Waals surface area contributed by atoms with E-state index in [1.807, 2.05) is 0 Å². The second-order valence-corrected chi connectivity index (χ2v) is 4.68. The van der Waals surface area contributed by atoms with E-state index in [0.29, 0.717) is 18.7 Å². The molecule has 2 heterocycles. The van der Waals surface area contributed by atoms with Crippen molar-refractivity contribution in [3.8, 4) is 0 Å². The molecule has 1 saturated heterocycles. The Morgan fingerprint density at radius 2 is 2.29 bits per heavy atom. The van der Waals surface area contributed by atoms with Crippen molar-refractivity contribution in [2.45, 2.75) is 19.5 Å². The zero-order valence-corrected chi connectivity index (χ0v) is 11.5. The van der Waals surface area contributed by atoms with E-state index in [9.17, 15) is 14.4 Å². The fourth-order valence-electron chi connectivity index (χ4n) is 1.99. The summed E-state index contributed by atoms with van der Waals surface area (Å²) < 4.78 is 0. The van der Waals surface area contributed by atoms with Crippen molar-refractivity contribution in [2.24, 2.45) is 0 Å². The molecule has 0 radical (unpaired) electrons. The molecule has 0 aromatic carbocycles. The molecular weight excluding hydrogens is 276 g/mol. The van der Waals surface area contributed by atoms with Crippen molar-refractivity contribution >= 4 is 17.9 Å². The van der Waals surface area contributed by atoms with Crippen LogP contribution in [0.2, 0.25) is 0 Å². The maximum absolute atomic E-state index is 12.0. The van der Waals surface area contributed by atoms with Gasteiger partial charge in [-0.3, -0.25) is 4.79 Å². The normalized spacial score (nSPS) is 18.0. The number of aromatic nitrogens is 1. The van der Waals surface area contributed by atoms with Gasteiger partial charge in [-0.25, -0.2) is 14.6 Å². The van der Waals surface area contributed by atoms with Crippen molar-refractivity contribution in [1.82, 2.24) is 20.5 Å². The number of hydrogen-bond donors (Lipinski definition) is 3. The number of hydrogen-bond acceptors (Lipinski definition) is 4. The van der Waals surface area contributed by atoms with Gasteiger partial charge < -0.3 is 20.6 Å². The van der Waals surface area contributed by atoms with Gasteiger partial charge in [-0.2, -0.15) is 0 Å². The summed E-state index contributed by atoms with van der Waals surface area (Å²) in [5.74, 6) is -1.28. The second kappa shape index (κ2) is 6.21. The number of piperazine rings is 1. The van der Waals surface area contributed by atoms with Crippen molar-refractivity contribution in [1.29, 1.82) is 0 Å². The van der Waals surface area contributed by atoms with Crippen LogP contribution < -0.4 is 10.6 Å². The number of amides is 3. The quantitative estimate of drug-likeness (QED) is 0.715. The Morgan fingerprint density at radius 1 is 1.52 bits per heavy atom. The Morgan fingerprint density at radius 3 is 2.90 bits per heavy atom. The van der Waals surface area contributed by atoms with Gasteiger partial charge in [-0.15, -0.1) is 0 Å². The lowest BCUT2D eigenvalue weighted by Crippen LogP contribution is -2.58. The third-order valence-corrected chi connectivity index (χ3v) is 3.25. The summed E-state index contributed by atoms with van der Waals surface area (Å²) in [7, 11) is 0. The number of carbonyl (C=O) groups excluding carboxylic acids is 2. The molecule has 8 heteroatoms. The van der Waals surface area contributed by atoms with Crippen molar-refractivity contribution in [3.05, 3.63) is 29.6 Å². The lowest BCUT2D eigenvalue weighted by molar-refractivity contribution is -0.126. The molecule has 3 amide bonds. The Labute approximate surface area is 121 Å². The highest BCUT2D eigenvalue weighted by atomic mass is 16.4. The molecule has 1 fully saturated rings. The Kier molecular flexibility index (Phi) is 4.36. The molecule has 1 atom stereocenters. The molecule has 0 spiro atoms. The van der Waals surface area contributed by atoms with Crippen LogP contribution in [0, 0.1) is 0 Å². The molecule has 1 aliphatic rings. The number of carboxylic acids is 1. The number of aromatic carboxylic acids is 1. The van der Waals surface area contributed by atoms with Gasteiger partial charge in [0.25, 0.3) is 0 Å². The van der Waals surface area contributed by atoms with E-state index < -0.39 is 12.0 Å². The van der Waals surface area contributed by atoms with Crippen LogP contribution in [0.1, 0.15) is 23.0 Å². The minimum Gasteiger partial charge on any atom is -0.477 e. The van der Waals surface area contributed by atoms with Gasteiger partial charge in [0.1, 0.15) is 11.7 Å². The molecule has 21 heavy (non-hydrogen) atoms. The Bertz CT molecular complexity index is 558. The zero-order chi connectivity index (χ0) is 15.4. The molecule has 1 aromatic rings. The average molecular weight is 292 g/mol. The minimum atomic E-state index is -1.10. The number of urea groups is 1. The van der Waals surface area contributed by atoms with Crippen LogP contribution in [0.25, 0.3) is 0 Å². The predicted molar refractivity (Wildman–Crippen MR) is 72.6 cm³/mol. The average Bonchev–Trinajstić information content (AvgIpc) is 2.48. The third kappa shape index (κ3) is 3.47. The Hall–Kier alpha value is -2.64. The van der Waals surface area contributed by atoms with Crippen LogP contribution in [0.15, 0.2) is 18.3 Å². The molecule has 1 unspecified atom stereocenters. The van der Waals surface area contributed by atoms with E-state index >= 15 is 0 Å². The third-order valence-electron chi connectivity index (χ3n) is 3.25. The molecule has 1 aliphatic heterocycles. The van der Waals surface area contributed by atoms with Crippen LogP contribution in [0.5, 0.6) is 0 Å². The summed E-state index contributed by atoms with van der Waals surface area (Å²) in [6.07, 6.45) is 1.40. The van der Waals surface area contributed by atoms with E-state index in [-0.39, 0.29) is 24.2 Å². The summed E-state index contributed by atoms with van der Waals surface area (Å²) in [4.78, 5) is 39.4. The molecular formula is C13H16N4O4. The van der Waals surface area contributed by atoms with Crippen molar-refractivity contribution in [3.63, 3.8) is 0 Å². The second-order valence-electron chi connectivity index (χ2n) is 4.68. The standard InChI is InChI=1S/C13H16N4O4/c1-8-11(18)14-4-5-17(8)13(21)16-7-9-2-3-10(12(19)20)15-6-9/h2-3,6,8H,4-5,7H2,1H3,(H,14,18)(H,16,21)(H,19,20). The monoisotopic (exact) mass is 292 g/mol. The predicted octanol–water partition coefficient (Wildman–Crippen LogP) is -0.190. The lowest BCUT2D eigenvalue weighted by Gasteiger charge is -2.32. The van der Waals surface area contributed by atoms with Crippen molar-refractivity contribution < 1.29 is 19.5 Å². The van der Waals surface area contributed by atoms with Gasteiger partial charge in [0.15, 0.2) is 0 Å². The van der Waals surface area contributed by atoms with Crippen LogP contribution in [0.3, 0.4) is 0 Å². The Balaban J connectivity index is 1.91. The SMILES string of the molecule is CC1C(=O)NCCN1C(=O)NCc1ccc(C(=O)O)nc1. The largest absolute Gasteiger partial charge is 0.477 e. The number of carboxylic acid groups (broad SMARTS) is 1. The summed E-state index contributed by atoms with van der Waals surface area (Å²) in [5.41, 5.74) is 0.633. The first-order chi connectivity index (χ1) is 9.99. The van der Waals surface area contributed by atoms with Gasteiger partial charge in [0.2, 0.25) is 5.91 Å². The molecule has 112 valence electrons. The topological polar surface area (TPSA) is 112 Å². The number of carbonyl (C=O) groups is 3. The van der Waals surface area contributed by atoms with Gasteiger partial charge >= 0.3 is 12.0 Å². The van der Waals surface area contributed by atoms with Gasteiger partial charge in [-0.05, 0) is 18.6 Å². The molecule has 0 saturated carbocycles. The van der Waals surface area contributed by atoms with E-state index in [1.54, 1.807) is 13.0 Å². The first-order valence-electron chi connectivity index (χ1n) is 6.49. The molecule has 8 nitrogen and oxygen atoms in total. The summed E-state index contributed by atoms with van der Waals surface area (Å²) in [5, 5.41) is 14.1. The van der Waals surface area contributed by atoms with E-state index in [4.69, 9.17) is 5.11 Å². The van der Waals surface area contributed by atoms with E-state index in [1.165, 1.54) is 17.2 Å². The summed E-state index contributed by atoms with van der Waals surface area (Å²) >= 11 is 0. The van der Waals surface area contributed by atoms with Gasteiger partial charge in [0, 0.05) is 25.8 Å². The first kappa shape index (κ1) is 14.8. The fourth-order valence-corrected chi connectivity index (χ4v) is 1.99. The highest BCUT2D eigenvalue weighted by Crippen LogP contribution is 2.05. The number of pyridine rings is 1. The smallest absolute Gasteiger partial charge is 0.354 e. The van der Waals surface area contributed by atoms with E-state index in [2.05, 4.69) is 15.6 Å². The summed E-state index contributed by atoms with van der Waals surface area (Å²) in [6.45, 7) is 2.77. The number of nitrogens with one attached hydrogen (secondary N) is 2. The molecule has 0 bridgehead atoms. The summed E-state index contributed by atoms with van der Waals surface area (Å²) in [6, 6.07) is 2.12. The molecule has 0 aliphatic carbocycles. The van der Waals surface area contributed by atoms with Crippen LogP contribution in [-0.4, -0.2) is 52.0 Å². The number of nitrogens with zero attached hydrogens (tertiary/aromatic N) is 2. The highest BCUT2D eigenvalue weighted by Gasteiger charge is 2.28. The maximum atomic E-state index is 12.0. The van der Waals surface area contributed by atoms with E-state index in [0.717, 1.165) is 0 Å². The number of rotatable bonds is 3. The van der Waals surface area contributed by atoms with Gasteiger partial charge in [-0.1, -0.05) is 6.07 Å². The highest BCUT2D eigenvalue weighted by molar-refractivity contribution is 5.88. The van der Waals surface area contributed by atoms with Crippen LogP contribution in [-0.2, 0) is 11.3 Å². The molecule has 3 N–H and O–H groups in total. The van der Waals surface area contributed by atoms with Crippen LogP contribution >= 0.6 is 0 Å². The zero-order valence-electron chi connectivity index (χ0n) is 11.5. The fraction of sp³-hybridized carbons (Fsp3) is 0.385. The van der Waals surface area contributed by atoms with Gasteiger partial charge in [0.05, 0.1) is 0 Å². The maximum Gasteiger partial charge on any atom is 0.354 e. The molecule has 2 rings (SSSR count). The molecule has 1 aromatic heterocycles. The van der Waals surface area contributed by atoms with Crippen LogP contribution in [0.4, 0.5) is 4.79 Å². The van der Waals surface area contributed by atoms with Crippen molar-refractivity contribution in [2.75, 3.05) is 13.1 Å².